The number of rotatable bonds is 16. The molecule has 0 saturated heterocycles. The van der Waals surface area contributed by atoms with E-state index in [0.29, 0.717) is 99.3 Å². The number of fused-ring (bicyclic) bond motifs is 3. The van der Waals surface area contributed by atoms with Crippen molar-refractivity contribution in [3.63, 3.8) is 0 Å². The smallest absolute Gasteiger partial charge is 0.260 e. The van der Waals surface area contributed by atoms with Gasteiger partial charge in [-0.1, -0.05) is 5.92 Å². The van der Waals surface area contributed by atoms with Crippen LogP contribution in [0.2, 0.25) is 0 Å². The lowest BCUT2D eigenvalue weighted by atomic mass is 10.0. The summed E-state index contributed by atoms with van der Waals surface area (Å²) >= 11 is 0. The minimum absolute atomic E-state index is 0.0304. The molecule has 24 heteroatoms. The van der Waals surface area contributed by atoms with Crippen molar-refractivity contribution in [2.75, 3.05) is 36.0 Å². The molecule has 12 rings (SSSR count). The number of aromatic nitrogens is 12. The van der Waals surface area contributed by atoms with Crippen LogP contribution in [0.5, 0.6) is 23.1 Å². The van der Waals surface area contributed by atoms with Crippen molar-refractivity contribution in [1.82, 2.24) is 59.2 Å². The Labute approximate surface area is 513 Å². The Morgan fingerprint density at radius 3 is 1.34 bits per heavy atom. The molecule has 12 heterocycles. The number of ether oxygens (including phenoxy) is 4. The molecule has 9 aromatic heterocycles. The predicted octanol–water partition coefficient (Wildman–Crippen LogP) is 10.3. The van der Waals surface area contributed by atoms with Crippen molar-refractivity contribution in [2.45, 2.75) is 119 Å². The Hall–Kier alpha value is -10.4. The standard InChI is InChI=1S/C25H27N5O3.2C20H20FN5O2/c1-8-25(5,6)30-13-18(12-27-30)29-14-20-22(24(29)31)16(4)9-19(28-20)17-10-21(33-15(2)3)23(32-7)26-11-17;2*1-12-4-17(14-5-16(28-3)8-22-6-14)24-18-11-26(20(27)19(12)18)15-7-23-25(10-15)9-13(2)21/h1,9-13,15H,14H2,2-7H3;2*4-8,10,13H,9,11H2,1-3H3/t;2*13-/m.10/s1. The lowest BCUT2D eigenvalue weighted by Gasteiger charge is -2.18. The van der Waals surface area contributed by atoms with Gasteiger partial charge in [-0.25, -0.2) is 13.8 Å². The monoisotopic (exact) mass is 1210 g/mol. The van der Waals surface area contributed by atoms with Crippen LogP contribution in [0.4, 0.5) is 25.8 Å². The summed E-state index contributed by atoms with van der Waals surface area (Å²) in [4.78, 5) is 70.9. The summed E-state index contributed by atoms with van der Waals surface area (Å²) in [5.41, 5.74) is 12.4. The van der Waals surface area contributed by atoms with Gasteiger partial charge in [-0.3, -0.25) is 68.0 Å². The van der Waals surface area contributed by atoms with E-state index < -0.39 is 17.9 Å². The summed E-state index contributed by atoms with van der Waals surface area (Å²) in [5, 5.41) is 12.7. The first-order valence-corrected chi connectivity index (χ1v) is 28.6. The number of hydrogen-bond donors (Lipinski definition) is 0. The summed E-state index contributed by atoms with van der Waals surface area (Å²) in [7, 11) is 4.73. The van der Waals surface area contributed by atoms with Gasteiger partial charge < -0.3 is 18.9 Å². The molecule has 0 radical (unpaired) electrons. The van der Waals surface area contributed by atoms with E-state index in [2.05, 4.69) is 36.2 Å². The maximum absolute atomic E-state index is 13.2. The van der Waals surface area contributed by atoms with Gasteiger partial charge in [-0.05, 0) is 115 Å². The molecule has 89 heavy (non-hydrogen) atoms. The number of nitrogens with zero attached hydrogens (tertiary/aromatic N) is 15. The van der Waals surface area contributed by atoms with E-state index >= 15 is 0 Å². The van der Waals surface area contributed by atoms with Gasteiger partial charge in [0.05, 0.1) is 165 Å². The Morgan fingerprint density at radius 2 is 0.955 bits per heavy atom. The Kier molecular flexibility index (Phi) is 17.7. The molecule has 3 aliphatic heterocycles. The van der Waals surface area contributed by atoms with Crippen LogP contribution in [0.15, 0.2) is 105 Å². The summed E-state index contributed by atoms with van der Waals surface area (Å²) in [6.45, 7) is 17.7. The summed E-state index contributed by atoms with van der Waals surface area (Å²) in [5.74, 6) is 4.61. The largest absolute Gasteiger partial charge is 0.495 e. The molecule has 2 atom stereocenters. The Morgan fingerprint density at radius 1 is 0.551 bits per heavy atom. The Bertz CT molecular complexity index is 4040. The van der Waals surface area contributed by atoms with Gasteiger partial charge in [0.25, 0.3) is 23.6 Å². The van der Waals surface area contributed by atoms with Crippen molar-refractivity contribution >= 4 is 34.8 Å². The summed E-state index contributed by atoms with van der Waals surface area (Å²) in [6, 6.07) is 11.2. The quantitative estimate of drug-likeness (QED) is 0.0819. The van der Waals surface area contributed by atoms with Gasteiger partial charge in [-0.2, -0.15) is 15.3 Å². The topological polar surface area (TPSA) is 229 Å². The van der Waals surface area contributed by atoms with Gasteiger partial charge in [0.1, 0.15) is 29.4 Å². The zero-order chi connectivity index (χ0) is 63.6. The van der Waals surface area contributed by atoms with Crippen molar-refractivity contribution in [3.8, 4) is 69.2 Å². The van der Waals surface area contributed by atoms with E-state index in [9.17, 15) is 23.2 Å². The number of terminal acetylenes is 1. The minimum atomic E-state index is -1.01. The lowest BCUT2D eigenvalue weighted by Crippen LogP contribution is -2.25. The molecule has 0 N–H and O–H groups in total. The second kappa shape index (κ2) is 25.5. The van der Waals surface area contributed by atoms with Gasteiger partial charge in [0.15, 0.2) is 5.75 Å². The molecular weight excluding hydrogens is 1140 g/mol. The van der Waals surface area contributed by atoms with Crippen LogP contribution in [-0.4, -0.2) is 117 Å². The zero-order valence-corrected chi connectivity index (χ0v) is 51.5. The molecule has 3 aliphatic rings. The average molecular weight is 1210 g/mol. The number of pyridine rings is 6. The molecule has 22 nitrogen and oxygen atoms in total. The number of anilines is 3. The SMILES string of the molecule is C#CC(C)(C)n1cc(N2Cc3nc(-c4cnc(OC)c(OC(C)C)c4)cc(C)c3C2=O)cn1.COc1cncc(-c2cc(C)c3c(n2)CN(c2cnn(C[C@@H](C)F)c2)C3=O)c1.COc1cncc(-c2cc(C)c3c(n2)CN(c2cnn(C[C@H](C)F)c2)C3=O)c1. The summed E-state index contributed by atoms with van der Waals surface area (Å²) < 4.78 is 52.8. The predicted molar refractivity (Wildman–Crippen MR) is 330 cm³/mol. The fourth-order valence-electron chi connectivity index (χ4n) is 10.5. The second-order valence-corrected chi connectivity index (χ2v) is 22.5. The molecule has 0 saturated carbocycles. The van der Waals surface area contributed by atoms with Crippen LogP contribution in [0.25, 0.3) is 33.8 Å². The average Bonchev–Trinajstić information content (AvgIpc) is 1.80. The van der Waals surface area contributed by atoms with E-state index in [1.807, 2.05) is 84.9 Å². The molecule has 0 bridgehead atoms. The maximum atomic E-state index is 13.2. The van der Waals surface area contributed by atoms with E-state index in [4.69, 9.17) is 40.3 Å². The van der Waals surface area contributed by atoms with Crippen LogP contribution in [0.3, 0.4) is 0 Å². The normalized spacial score (nSPS) is 13.9. The molecule has 0 aromatic carbocycles. The number of halogens is 2. The first-order valence-electron chi connectivity index (χ1n) is 28.6. The number of carbonyl (C=O) groups is 3. The highest BCUT2D eigenvalue weighted by atomic mass is 19.1. The Balaban J connectivity index is 0.000000148. The van der Waals surface area contributed by atoms with E-state index in [-0.39, 0.29) is 36.9 Å². The third-order valence-corrected chi connectivity index (χ3v) is 14.9. The lowest BCUT2D eigenvalue weighted by molar-refractivity contribution is 0.0988. The molecule has 3 amide bonds. The molecule has 0 aliphatic carbocycles. The molecule has 9 aromatic rings. The first kappa shape index (κ1) is 61.6. The van der Waals surface area contributed by atoms with Crippen molar-refractivity contribution in [3.05, 3.63) is 155 Å². The highest BCUT2D eigenvalue weighted by molar-refractivity contribution is 6.12. The number of aryl methyl sites for hydroxylation is 3. The van der Waals surface area contributed by atoms with Crippen molar-refractivity contribution < 1.29 is 42.1 Å². The first-order chi connectivity index (χ1) is 42.6. The van der Waals surface area contributed by atoms with Crippen LogP contribution in [0.1, 0.15) is 106 Å². The van der Waals surface area contributed by atoms with Crippen LogP contribution >= 0.6 is 0 Å². The maximum Gasteiger partial charge on any atom is 0.260 e. The van der Waals surface area contributed by atoms with Crippen LogP contribution < -0.4 is 33.6 Å². The fourth-order valence-corrected chi connectivity index (χ4v) is 10.5. The highest BCUT2D eigenvalue weighted by Crippen LogP contribution is 2.37. The molecule has 0 spiro atoms. The fraction of sp³-hybridized carbons (Fsp3) is 0.323. The van der Waals surface area contributed by atoms with Crippen LogP contribution in [-0.2, 0) is 38.3 Å². The second-order valence-electron chi connectivity index (χ2n) is 22.5. The molecular formula is C65H67F2N15O7. The number of amides is 3. The third-order valence-electron chi connectivity index (χ3n) is 14.9. The van der Waals surface area contributed by atoms with Gasteiger partial charge in [-0.15, -0.1) is 6.42 Å². The van der Waals surface area contributed by atoms with Gasteiger partial charge in [0.2, 0.25) is 0 Å². The number of carbonyl (C=O) groups excluding carboxylic acids is 3. The highest BCUT2D eigenvalue weighted by Gasteiger charge is 2.36. The van der Waals surface area contributed by atoms with Crippen LogP contribution in [0, 0.1) is 33.1 Å². The van der Waals surface area contributed by atoms with Crippen molar-refractivity contribution in [2.24, 2.45) is 0 Å². The number of hydrogen-bond acceptors (Lipinski definition) is 16. The van der Waals surface area contributed by atoms with E-state index in [1.165, 1.54) is 23.2 Å². The molecule has 0 fully saturated rings. The van der Waals surface area contributed by atoms with E-state index in [1.54, 1.807) is 109 Å². The zero-order valence-electron chi connectivity index (χ0n) is 51.5. The summed E-state index contributed by atoms with van der Waals surface area (Å²) in [6.07, 6.45) is 21.9. The number of methoxy groups -OCH3 is 3. The molecule has 458 valence electrons. The van der Waals surface area contributed by atoms with E-state index in [0.717, 1.165) is 44.8 Å². The number of alkyl halides is 2. The van der Waals surface area contributed by atoms with Crippen molar-refractivity contribution in [1.29, 1.82) is 0 Å². The molecule has 0 unspecified atom stereocenters. The third kappa shape index (κ3) is 13.0. The minimum Gasteiger partial charge on any atom is -0.495 e. The van der Waals surface area contributed by atoms with Gasteiger partial charge >= 0.3 is 0 Å². The van der Waals surface area contributed by atoms with Gasteiger partial charge in [0, 0.05) is 47.7 Å².